The third kappa shape index (κ3) is 1.61. The summed E-state index contributed by atoms with van der Waals surface area (Å²) in [7, 11) is 0. The van der Waals surface area contributed by atoms with Crippen molar-refractivity contribution in [2.75, 3.05) is 0 Å². The lowest BCUT2D eigenvalue weighted by Gasteiger charge is -2.36. The van der Waals surface area contributed by atoms with E-state index in [4.69, 9.17) is 6.42 Å². The average Bonchev–Trinajstić information content (AvgIpc) is 2.78. The van der Waals surface area contributed by atoms with Crippen LogP contribution in [-0.2, 0) is 5.41 Å². The van der Waals surface area contributed by atoms with Gasteiger partial charge in [0.25, 0.3) is 0 Å². The van der Waals surface area contributed by atoms with Crippen LogP contribution >= 0.6 is 0 Å². The second kappa shape index (κ2) is 3.98. The van der Waals surface area contributed by atoms with E-state index in [1.807, 2.05) is 6.07 Å². The van der Waals surface area contributed by atoms with Crippen molar-refractivity contribution in [2.24, 2.45) is 0 Å². The van der Waals surface area contributed by atoms with Gasteiger partial charge in [0, 0.05) is 30.0 Å². The summed E-state index contributed by atoms with van der Waals surface area (Å²) in [5, 5.41) is 13.1. The SMILES string of the molecule is C#Cc1cncc([C@]2(C#N)C[C@H]3C=C[C@@H](C2)N3)c1. The first-order valence-electron chi connectivity index (χ1n) is 6.03. The normalized spacial score (nSPS) is 32.8. The zero-order chi connectivity index (χ0) is 12.6. The molecule has 0 radical (unpaired) electrons. The fourth-order valence-corrected chi connectivity index (χ4v) is 2.91. The van der Waals surface area contributed by atoms with Gasteiger partial charge in [-0.1, -0.05) is 18.1 Å². The fraction of sp³-hybridized carbons (Fsp3) is 0.333. The van der Waals surface area contributed by atoms with Crippen LogP contribution in [0.5, 0.6) is 0 Å². The summed E-state index contributed by atoms with van der Waals surface area (Å²) in [5.74, 6) is 2.58. The number of nitrogens with one attached hydrogen (secondary N) is 1. The van der Waals surface area contributed by atoms with Gasteiger partial charge in [0.15, 0.2) is 0 Å². The van der Waals surface area contributed by atoms with E-state index in [1.165, 1.54) is 0 Å². The van der Waals surface area contributed by atoms with Crippen LogP contribution in [0, 0.1) is 23.7 Å². The van der Waals surface area contributed by atoms with Crippen LogP contribution < -0.4 is 5.32 Å². The first-order valence-corrected chi connectivity index (χ1v) is 6.03. The molecular weight excluding hydrogens is 222 g/mol. The van der Waals surface area contributed by atoms with Gasteiger partial charge in [0.2, 0.25) is 0 Å². The molecule has 0 aliphatic carbocycles. The largest absolute Gasteiger partial charge is 0.304 e. The number of piperidine rings is 1. The summed E-state index contributed by atoms with van der Waals surface area (Å²) in [6.45, 7) is 0. The number of nitrogens with zero attached hydrogens (tertiary/aromatic N) is 2. The van der Waals surface area contributed by atoms with Gasteiger partial charge in [-0.05, 0) is 24.5 Å². The van der Waals surface area contributed by atoms with E-state index in [2.05, 4.69) is 34.4 Å². The average molecular weight is 235 g/mol. The highest BCUT2D eigenvalue weighted by molar-refractivity contribution is 5.41. The molecule has 1 aromatic heterocycles. The highest BCUT2D eigenvalue weighted by Crippen LogP contribution is 2.39. The summed E-state index contributed by atoms with van der Waals surface area (Å²) < 4.78 is 0. The zero-order valence-electron chi connectivity index (χ0n) is 9.93. The quantitative estimate of drug-likeness (QED) is 0.593. The minimum Gasteiger partial charge on any atom is -0.304 e. The van der Waals surface area contributed by atoms with E-state index < -0.39 is 5.41 Å². The molecule has 2 aliphatic rings. The smallest absolute Gasteiger partial charge is 0.0873 e. The van der Waals surface area contributed by atoms with Crippen molar-refractivity contribution in [3.63, 3.8) is 0 Å². The lowest BCUT2D eigenvalue weighted by molar-refractivity contribution is 0.319. The topological polar surface area (TPSA) is 48.7 Å². The summed E-state index contributed by atoms with van der Waals surface area (Å²) >= 11 is 0. The van der Waals surface area contributed by atoms with E-state index in [-0.39, 0.29) is 12.1 Å². The van der Waals surface area contributed by atoms with Gasteiger partial charge in [0.1, 0.15) is 0 Å². The molecule has 0 spiro atoms. The molecule has 0 amide bonds. The lowest BCUT2D eigenvalue weighted by atomic mass is 9.72. The maximum absolute atomic E-state index is 9.64. The number of terminal acetylenes is 1. The second-order valence-electron chi connectivity index (χ2n) is 4.97. The Kier molecular flexibility index (Phi) is 2.44. The van der Waals surface area contributed by atoms with E-state index in [0.29, 0.717) is 0 Å². The van der Waals surface area contributed by atoms with E-state index >= 15 is 0 Å². The number of hydrogen-bond acceptors (Lipinski definition) is 3. The fourth-order valence-electron chi connectivity index (χ4n) is 2.91. The number of hydrogen-bond donors (Lipinski definition) is 1. The molecule has 0 unspecified atom stereocenters. The monoisotopic (exact) mass is 235 g/mol. The van der Waals surface area contributed by atoms with E-state index in [9.17, 15) is 5.26 Å². The van der Waals surface area contributed by atoms with Gasteiger partial charge in [-0.3, -0.25) is 4.98 Å². The van der Waals surface area contributed by atoms with Crippen molar-refractivity contribution in [1.29, 1.82) is 5.26 Å². The van der Waals surface area contributed by atoms with Crippen LogP contribution in [0.1, 0.15) is 24.0 Å². The Hall–Kier alpha value is -2.10. The molecular formula is C15H13N3. The second-order valence-corrected chi connectivity index (χ2v) is 4.97. The molecule has 3 heterocycles. The molecule has 1 saturated heterocycles. The van der Waals surface area contributed by atoms with Crippen LogP contribution in [0.2, 0.25) is 0 Å². The predicted octanol–water partition coefficient (Wildman–Crippen LogP) is 1.51. The van der Waals surface area contributed by atoms with Crippen LogP contribution in [0.4, 0.5) is 0 Å². The molecule has 2 bridgehead atoms. The molecule has 0 saturated carbocycles. The third-order valence-electron chi connectivity index (χ3n) is 3.81. The summed E-state index contributed by atoms with van der Waals surface area (Å²) in [6, 6.07) is 4.99. The highest BCUT2D eigenvalue weighted by Gasteiger charge is 2.43. The van der Waals surface area contributed by atoms with Crippen LogP contribution in [0.15, 0.2) is 30.6 Å². The van der Waals surface area contributed by atoms with Crippen LogP contribution in [-0.4, -0.2) is 17.1 Å². The molecule has 18 heavy (non-hydrogen) atoms. The Morgan fingerprint density at radius 3 is 2.67 bits per heavy atom. The molecule has 3 nitrogen and oxygen atoms in total. The number of fused-ring (bicyclic) bond motifs is 2. The van der Waals surface area contributed by atoms with Crippen molar-refractivity contribution >= 4 is 0 Å². The molecule has 3 heteroatoms. The minimum atomic E-state index is -0.468. The third-order valence-corrected chi connectivity index (χ3v) is 3.81. The Morgan fingerprint density at radius 2 is 2.06 bits per heavy atom. The van der Waals surface area contributed by atoms with Gasteiger partial charge >= 0.3 is 0 Å². The van der Waals surface area contributed by atoms with Crippen molar-refractivity contribution in [2.45, 2.75) is 30.3 Å². The summed E-state index contributed by atoms with van der Waals surface area (Å²) in [6.07, 6.45) is 14.7. The Labute approximate surface area is 107 Å². The minimum absolute atomic E-state index is 0.290. The Balaban J connectivity index is 2.02. The van der Waals surface area contributed by atoms with Gasteiger partial charge < -0.3 is 5.32 Å². The standard InChI is InChI=1S/C15H13N3/c1-2-11-5-12(9-17-8-11)15(10-16)6-13-3-4-14(7-15)18-13/h1,3-5,8-9,13-14,18H,6-7H2/t13-,14+,15-. The Morgan fingerprint density at radius 1 is 1.33 bits per heavy atom. The van der Waals surface area contributed by atoms with Crippen molar-refractivity contribution in [3.05, 3.63) is 41.7 Å². The molecule has 1 fully saturated rings. The maximum atomic E-state index is 9.64. The van der Waals surface area contributed by atoms with Crippen LogP contribution in [0.3, 0.4) is 0 Å². The molecule has 1 N–H and O–H groups in total. The number of rotatable bonds is 1. The van der Waals surface area contributed by atoms with Gasteiger partial charge in [-0.15, -0.1) is 6.42 Å². The van der Waals surface area contributed by atoms with Gasteiger partial charge in [-0.25, -0.2) is 0 Å². The number of aromatic nitrogens is 1. The predicted molar refractivity (Wildman–Crippen MR) is 68.5 cm³/mol. The van der Waals surface area contributed by atoms with Crippen molar-refractivity contribution in [3.8, 4) is 18.4 Å². The zero-order valence-corrected chi connectivity index (χ0v) is 9.93. The first-order chi connectivity index (χ1) is 8.75. The van der Waals surface area contributed by atoms with E-state index in [1.54, 1.807) is 12.4 Å². The highest BCUT2D eigenvalue weighted by atomic mass is 15.0. The molecule has 3 rings (SSSR count). The molecule has 1 aromatic rings. The number of nitriles is 1. The molecule has 88 valence electrons. The van der Waals surface area contributed by atoms with Gasteiger partial charge in [0.05, 0.1) is 11.5 Å². The molecule has 2 aliphatic heterocycles. The lowest BCUT2D eigenvalue weighted by Crippen LogP contribution is -2.46. The molecule has 0 aromatic carbocycles. The van der Waals surface area contributed by atoms with Crippen LogP contribution in [0.25, 0.3) is 0 Å². The van der Waals surface area contributed by atoms with Gasteiger partial charge in [-0.2, -0.15) is 5.26 Å². The van der Waals surface area contributed by atoms with Crippen molar-refractivity contribution < 1.29 is 0 Å². The van der Waals surface area contributed by atoms with Crippen molar-refractivity contribution in [1.82, 2.24) is 10.3 Å². The van der Waals surface area contributed by atoms with E-state index in [0.717, 1.165) is 24.0 Å². The maximum Gasteiger partial charge on any atom is 0.0873 e. The Bertz CT molecular complexity index is 574. The molecule has 3 atom stereocenters. The first kappa shape index (κ1) is 11.0. The summed E-state index contributed by atoms with van der Waals surface area (Å²) in [4.78, 5) is 4.16. The number of pyridine rings is 1. The summed E-state index contributed by atoms with van der Waals surface area (Å²) in [5.41, 5.74) is 1.21.